The van der Waals surface area contributed by atoms with E-state index in [1.165, 1.54) is 5.56 Å². The maximum Gasteiger partial charge on any atom is 0.126 e. The molecule has 2 rings (SSSR count). The largest absolute Gasteiger partial charge is 0.496 e. The van der Waals surface area contributed by atoms with Crippen molar-refractivity contribution in [3.63, 3.8) is 0 Å². The Morgan fingerprint density at radius 3 is 2.42 bits per heavy atom. The third-order valence-electron chi connectivity index (χ3n) is 3.19. The van der Waals surface area contributed by atoms with Gasteiger partial charge in [-0.15, -0.1) is 0 Å². The number of rotatable bonds is 4. The molecule has 19 heavy (non-hydrogen) atoms. The number of halogens is 1. The first-order valence-electron chi connectivity index (χ1n) is 6.26. The maximum atomic E-state index is 10.5. The number of ether oxygens (including phenoxy) is 1. The number of benzene rings is 2. The monoisotopic (exact) mass is 320 g/mol. The lowest BCUT2D eigenvalue weighted by Crippen LogP contribution is -2.02. The van der Waals surface area contributed by atoms with E-state index in [1.54, 1.807) is 7.11 Å². The van der Waals surface area contributed by atoms with E-state index >= 15 is 0 Å². The summed E-state index contributed by atoms with van der Waals surface area (Å²) in [5, 5.41) is 10.5. The van der Waals surface area contributed by atoms with E-state index in [4.69, 9.17) is 4.74 Å². The Morgan fingerprint density at radius 2 is 1.84 bits per heavy atom. The van der Waals surface area contributed by atoms with Crippen LogP contribution in [0.25, 0.3) is 0 Å². The smallest absolute Gasteiger partial charge is 0.126 e. The van der Waals surface area contributed by atoms with Crippen molar-refractivity contribution in [3.8, 4) is 5.75 Å². The van der Waals surface area contributed by atoms with Crippen molar-refractivity contribution < 1.29 is 9.84 Å². The van der Waals surface area contributed by atoms with E-state index in [-0.39, 0.29) is 0 Å². The number of methoxy groups -OCH3 is 1. The van der Waals surface area contributed by atoms with E-state index in [9.17, 15) is 5.11 Å². The summed E-state index contributed by atoms with van der Waals surface area (Å²) in [7, 11) is 1.61. The van der Waals surface area contributed by atoms with Crippen LogP contribution < -0.4 is 4.74 Å². The minimum Gasteiger partial charge on any atom is -0.496 e. The average Bonchev–Trinajstić information content (AvgIpc) is 2.46. The number of aliphatic hydroxyl groups is 1. The van der Waals surface area contributed by atoms with Crippen molar-refractivity contribution in [2.45, 2.75) is 19.4 Å². The Morgan fingerprint density at radius 1 is 1.16 bits per heavy atom. The third-order valence-corrected chi connectivity index (χ3v) is 3.69. The molecule has 2 aromatic rings. The molecule has 0 fully saturated rings. The second-order valence-corrected chi connectivity index (χ2v) is 5.30. The van der Waals surface area contributed by atoms with Crippen LogP contribution in [0.2, 0.25) is 0 Å². The molecule has 1 atom stereocenters. The minimum absolute atomic E-state index is 0.672. The van der Waals surface area contributed by atoms with Crippen molar-refractivity contribution in [1.82, 2.24) is 0 Å². The molecule has 0 aliphatic rings. The SMILES string of the molecule is CCc1ccc(C(O)c2ccc(Br)cc2OC)cc1. The molecule has 100 valence electrons. The quantitative estimate of drug-likeness (QED) is 0.918. The second kappa shape index (κ2) is 6.22. The van der Waals surface area contributed by atoms with Gasteiger partial charge in [-0.05, 0) is 29.7 Å². The highest BCUT2D eigenvalue weighted by Gasteiger charge is 2.15. The fourth-order valence-electron chi connectivity index (χ4n) is 2.03. The van der Waals surface area contributed by atoms with Gasteiger partial charge in [0.2, 0.25) is 0 Å². The number of aliphatic hydroxyl groups excluding tert-OH is 1. The predicted octanol–water partition coefficient (Wildman–Crippen LogP) is 4.10. The van der Waals surface area contributed by atoms with Crippen LogP contribution in [0.3, 0.4) is 0 Å². The maximum absolute atomic E-state index is 10.5. The number of hydrogen-bond acceptors (Lipinski definition) is 2. The molecule has 3 heteroatoms. The molecule has 0 aliphatic carbocycles. The highest BCUT2D eigenvalue weighted by molar-refractivity contribution is 9.10. The topological polar surface area (TPSA) is 29.5 Å². The molecule has 1 unspecified atom stereocenters. The molecular weight excluding hydrogens is 304 g/mol. The lowest BCUT2D eigenvalue weighted by atomic mass is 9.99. The van der Waals surface area contributed by atoms with Gasteiger partial charge in [-0.2, -0.15) is 0 Å². The van der Waals surface area contributed by atoms with Gasteiger partial charge in [-0.25, -0.2) is 0 Å². The zero-order valence-corrected chi connectivity index (χ0v) is 12.6. The molecule has 0 radical (unpaired) electrons. The van der Waals surface area contributed by atoms with Gasteiger partial charge in [0.1, 0.15) is 11.9 Å². The van der Waals surface area contributed by atoms with Crippen molar-refractivity contribution in [2.75, 3.05) is 7.11 Å². The summed E-state index contributed by atoms with van der Waals surface area (Å²) < 4.78 is 6.26. The van der Waals surface area contributed by atoms with Crippen LogP contribution in [0, 0.1) is 0 Å². The lowest BCUT2D eigenvalue weighted by molar-refractivity contribution is 0.214. The first-order chi connectivity index (χ1) is 9.15. The van der Waals surface area contributed by atoms with Crippen LogP contribution in [0.4, 0.5) is 0 Å². The lowest BCUT2D eigenvalue weighted by Gasteiger charge is -2.16. The second-order valence-electron chi connectivity index (χ2n) is 4.38. The van der Waals surface area contributed by atoms with Crippen LogP contribution >= 0.6 is 15.9 Å². The average molecular weight is 321 g/mol. The summed E-state index contributed by atoms with van der Waals surface area (Å²) in [6, 6.07) is 13.7. The molecule has 0 bridgehead atoms. The third kappa shape index (κ3) is 3.17. The van der Waals surface area contributed by atoms with Gasteiger partial charge >= 0.3 is 0 Å². The highest BCUT2D eigenvalue weighted by Crippen LogP contribution is 2.32. The van der Waals surface area contributed by atoms with Crippen LogP contribution in [0.5, 0.6) is 5.75 Å². The highest BCUT2D eigenvalue weighted by atomic mass is 79.9. The zero-order chi connectivity index (χ0) is 13.8. The van der Waals surface area contributed by atoms with Crippen LogP contribution in [0.1, 0.15) is 29.7 Å². The van der Waals surface area contributed by atoms with Crippen LogP contribution in [-0.2, 0) is 6.42 Å². The molecule has 2 aromatic carbocycles. The fraction of sp³-hybridized carbons (Fsp3) is 0.250. The molecule has 0 spiro atoms. The molecule has 0 saturated heterocycles. The first-order valence-corrected chi connectivity index (χ1v) is 7.05. The summed E-state index contributed by atoms with van der Waals surface area (Å²) in [5.74, 6) is 0.682. The normalized spacial score (nSPS) is 12.2. The van der Waals surface area contributed by atoms with Crippen molar-refractivity contribution in [3.05, 3.63) is 63.6 Å². The zero-order valence-electron chi connectivity index (χ0n) is 11.1. The van der Waals surface area contributed by atoms with Gasteiger partial charge in [-0.1, -0.05) is 53.2 Å². The molecule has 0 aliphatic heterocycles. The summed E-state index contributed by atoms with van der Waals surface area (Å²) in [6.07, 6.45) is 0.326. The Kier molecular flexibility index (Phi) is 4.61. The Balaban J connectivity index is 2.34. The molecule has 0 heterocycles. The molecule has 2 nitrogen and oxygen atoms in total. The van der Waals surface area contributed by atoms with Gasteiger partial charge in [0.15, 0.2) is 0 Å². The molecular formula is C16H17BrO2. The van der Waals surface area contributed by atoms with Crippen LogP contribution in [-0.4, -0.2) is 12.2 Å². The van der Waals surface area contributed by atoms with Gasteiger partial charge in [-0.3, -0.25) is 0 Å². The number of hydrogen-bond donors (Lipinski definition) is 1. The van der Waals surface area contributed by atoms with E-state index in [0.717, 1.165) is 22.0 Å². The Hall–Kier alpha value is -1.32. The van der Waals surface area contributed by atoms with Crippen LogP contribution in [0.15, 0.2) is 46.9 Å². The minimum atomic E-state index is -0.672. The Labute approximate surface area is 122 Å². The molecule has 0 aromatic heterocycles. The van der Waals surface area contributed by atoms with E-state index in [2.05, 4.69) is 22.9 Å². The summed E-state index contributed by atoms with van der Waals surface area (Å²) in [4.78, 5) is 0. The van der Waals surface area contributed by atoms with E-state index in [1.807, 2.05) is 42.5 Å². The van der Waals surface area contributed by atoms with Gasteiger partial charge in [0.05, 0.1) is 7.11 Å². The fourth-order valence-corrected chi connectivity index (χ4v) is 2.37. The van der Waals surface area contributed by atoms with Crippen molar-refractivity contribution in [1.29, 1.82) is 0 Å². The molecule has 0 saturated carbocycles. The summed E-state index contributed by atoms with van der Waals surface area (Å²) in [6.45, 7) is 2.11. The van der Waals surface area contributed by atoms with Gasteiger partial charge < -0.3 is 9.84 Å². The summed E-state index contributed by atoms with van der Waals surface area (Å²) >= 11 is 3.40. The number of aryl methyl sites for hydroxylation is 1. The van der Waals surface area contributed by atoms with Crippen molar-refractivity contribution >= 4 is 15.9 Å². The molecule has 1 N–H and O–H groups in total. The molecule has 0 amide bonds. The van der Waals surface area contributed by atoms with Crippen molar-refractivity contribution in [2.24, 2.45) is 0 Å². The first kappa shape index (κ1) is 14.1. The summed E-state index contributed by atoms with van der Waals surface area (Å²) in [5.41, 5.74) is 2.91. The van der Waals surface area contributed by atoms with E-state index in [0.29, 0.717) is 5.75 Å². The Bertz CT molecular complexity index is 549. The van der Waals surface area contributed by atoms with E-state index < -0.39 is 6.10 Å². The van der Waals surface area contributed by atoms with Gasteiger partial charge in [0.25, 0.3) is 0 Å². The predicted molar refractivity (Wildman–Crippen MR) is 80.6 cm³/mol. The standard InChI is InChI=1S/C16H17BrO2/c1-3-11-4-6-12(7-5-11)16(18)14-9-8-13(17)10-15(14)19-2/h4-10,16,18H,3H2,1-2H3. The van der Waals surface area contributed by atoms with Gasteiger partial charge in [0, 0.05) is 10.0 Å².